The summed E-state index contributed by atoms with van der Waals surface area (Å²) in [6.45, 7) is 5.90. The molecule has 6 nitrogen and oxygen atoms in total. The van der Waals surface area contributed by atoms with Gasteiger partial charge in [-0.1, -0.05) is 0 Å². The van der Waals surface area contributed by atoms with Crippen LogP contribution in [0.3, 0.4) is 0 Å². The molecule has 0 aromatic carbocycles. The lowest BCUT2D eigenvalue weighted by molar-refractivity contribution is -0.131. The van der Waals surface area contributed by atoms with E-state index in [1.165, 1.54) is 0 Å². The Morgan fingerprint density at radius 3 is 2.92 bits per heavy atom. The monoisotopic (exact) mass is 340 g/mol. The highest BCUT2D eigenvalue weighted by molar-refractivity contribution is 5.76. The Labute approximate surface area is 147 Å². The van der Waals surface area contributed by atoms with E-state index in [2.05, 4.69) is 10.1 Å². The average Bonchev–Trinajstić information content (AvgIpc) is 3.25. The molecule has 1 saturated heterocycles. The molecule has 0 unspecified atom stereocenters. The van der Waals surface area contributed by atoms with Crippen molar-refractivity contribution in [3.05, 3.63) is 42.0 Å². The van der Waals surface area contributed by atoms with Crippen LogP contribution in [0.5, 0.6) is 5.75 Å². The first kappa shape index (κ1) is 16.1. The minimum Gasteiger partial charge on any atom is -0.488 e. The number of hydrogen-bond acceptors (Lipinski definition) is 4. The number of aromatic nitrogens is 3. The van der Waals surface area contributed by atoms with Crippen molar-refractivity contribution in [3.63, 3.8) is 0 Å². The van der Waals surface area contributed by atoms with E-state index in [-0.39, 0.29) is 12.0 Å². The SMILES string of the molecule is Cc1cc(C)n(CC(=O)N2C[C@H]3CC[C@@H](Oc4cccnc4)[C@H]3C2)n1. The van der Waals surface area contributed by atoms with Gasteiger partial charge in [0.05, 0.1) is 11.9 Å². The summed E-state index contributed by atoms with van der Waals surface area (Å²) in [5.74, 6) is 1.94. The largest absolute Gasteiger partial charge is 0.488 e. The molecule has 3 heterocycles. The maximum absolute atomic E-state index is 12.7. The smallest absolute Gasteiger partial charge is 0.244 e. The van der Waals surface area contributed by atoms with Gasteiger partial charge in [0.2, 0.25) is 5.91 Å². The zero-order chi connectivity index (χ0) is 17.4. The van der Waals surface area contributed by atoms with Crippen molar-refractivity contribution >= 4 is 5.91 Å². The van der Waals surface area contributed by atoms with Gasteiger partial charge in [0, 0.05) is 30.9 Å². The molecule has 0 N–H and O–H groups in total. The van der Waals surface area contributed by atoms with E-state index in [9.17, 15) is 4.79 Å². The fourth-order valence-corrected chi connectivity index (χ4v) is 4.22. The molecule has 6 heteroatoms. The van der Waals surface area contributed by atoms with Crippen molar-refractivity contribution in [1.82, 2.24) is 19.7 Å². The summed E-state index contributed by atoms with van der Waals surface area (Å²) >= 11 is 0. The molecule has 25 heavy (non-hydrogen) atoms. The Morgan fingerprint density at radius 2 is 2.20 bits per heavy atom. The zero-order valence-electron chi connectivity index (χ0n) is 14.8. The van der Waals surface area contributed by atoms with Crippen molar-refractivity contribution in [2.24, 2.45) is 11.8 Å². The number of fused-ring (bicyclic) bond motifs is 1. The van der Waals surface area contributed by atoms with Crippen LogP contribution < -0.4 is 4.74 Å². The topological polar surface area (TPSA) is 60.2 Å². The average molecular weight is 340 g/mol. The van der Waals surface area contributed by atoms with E-state index in [0.29, 0.717) is 18.4 Å². The number of nitrogens with zero attached hydrogens (tertiary/aromatic N) is 4. The minimum absolute atomic E-state index is 0.153. The van der Waals surface area contributed by atoms with Gasteiger partial charge in [-0.15, -0.1) is 0 Å². The van der Waals surface area contributed by atoms with Gasteiger partial charge in [0.15, 0.2) is 0 Å². The normalized spacial score (nSPS) is 25.2. The predicted molar refractivity (Wildman–Crippen MR) is 93.1 cm³/mol. The number of ether oxygens (including phenoxy) is 1. The summed E-state index contributed by atoms with van der Waals surface area (Å²) in [7, 11) is 0. The van der Waals surface area contributed by atoms with Crippen LogP contribution in [0.15, 0.2) is 30.6 Å². The zero-order valence-corrected chi connectivity index (χ0v) is 14.8. The van der Waals surface area contributed by atoms with Crippen LogP contribution >= 0.6 is 0 Å². The molecule has 2 aromatic rings. The van der Waals surface area contributed by atoms with Crippen LogP contribution in [0.2, 0.25) is 0 Å². The van der Waals surface area contributed by atoms with E-state index in [1.807, 2.05) is 36.9 Å². The molecule has 0 bridgehead atoms. The van der Waals surface area contributed by atoms with Crippen molar-refractivity contribution in [1.29, 1.82) is 0 Å². The van der Waals surface area contributed by atoms with Gasteiger partial charge >= 0.3 is 0 Å². The molecule has 1 aliphatic heterocycles. The second kappa shape index (κ2) is 6.50. The van der Waals surface area contributed by atoms with E-state index >= 15 is 0 Å². The van der Waals surface area contributed by atoms with Crippen LogP contribution in [-0.2, 0) is 11.3 Å². The fourth-order valence-electron chi connectivity index (χ4n) is 4.22. The first-order valence-corrected chi connectivity index (χ1v) is 8.95. The van der Waals surface area contributed by atoms with Crippen LogP contribution in [0, 0.1) is 25.7 Å². The third-order valence-corrected chi connectivity index (χ3v) is 5.45. The molecule has 0 radical (unpaired) electrons. The second-order valence-corrected chi connectivity index (χ2v) is 7.23. The minimum atomic E-state index is 0.153. The maximum atomic E-state index is 12.7. The van der Waals surface area contributed by atoms with Crippen LogP contribution in [0.1, 0.15) is 24.2 Å². The molecule has 3 atom stereocenters. The summed E-state index contributed by atoms with van der Waals surface area (Å²) in [4.78, 5) is 18.8. The van der Waals surface area contributed by atoms with Crippen LogP contribution in [0.4, 0.5) is 0 Å². The van der Waals surface area contributed by atoms with Crippen molar-refractivity contribution in [3.8, 4) is 5.75 Å². The van der Waals surface area contributed by atoms with Gasteiger partial charge in [-0.25, -0.2) is 0 Å². The van der Waals surface area contributed by atoms with Gasteiger partial charge in [-0.2, -0.15) is 5.10 Å². The molecule has 0 spiro atoms. The first-order valence-electron chi connectivity index (χ1n) is 8.95. The van der Waals surface area contributed by atoms with E-state index in [0.717, 1.165) is 43.1 Å². The highest BCUT2D eigenvalue weighted by Crippen LogP contribution is 2.40. The van der Waals surface area contributed by atoms with Crippen molar-refractivity contribution in [2.75, 3.05) is 13.1 Å². The Hall–Kier alpha value is -2.37. The number of carbonyl (C=O) groups excluding carboxylic acids is 1. The Bertz CT molecular complexity index is 758. The van der Waals surface area contributed by atoms with Gasteiger partial charge < -0.3 is 9.64 Å². The standard InChI is InChI=1S/C19H24N4O2/c1-13-8-14(2)23(21-13)12-19(24)22-10-15-5-6-18(17(15)11-22)25-16-4-3-7-20-9-16/h3-4,7-9,15,17-18H,5-6,10-12H2,1-2H3/t15-,17+,18-/m1/s1. The molecule has 1 saturated carbocycles. The first-order chi connectivity index (χ1) is 12.1. The molecule has 132 valence electrons. The number of pyridine rings is 1. The van der Waals surface area contributed by atoms with Gasteiger partial charge in [-0.05, 0) is 50.8 Å². The molecule has 2 fully saturated rings. The number of likely N-dealkylation sites (tertiary alicyclic amines) is 1. The van der Waals surface area contributed by atoms with Crippen LogP contribution in [0.25, 0.3) is 0 Å². The quantitative estimate of drug-likeness (QED) is 0.856. The summed E-state index contributed by atoms with van der Waals surface area (Å²) in [6, 6.07) is 5.84. The Morgan fingerprint density at radius 1 is 1.32 bits per heavy atom. The molecule has 1 amide bonds. The molecule has 1 aliphatic carbocycles. The van der Waals surface area contributed by atoms with Crippen molar-refractivity contribution in [2.45, 2.75) is 39.3 Å². The lowest BCUT2D eigenvalue weighted by atomic mass is 9.99. The Balaban J connectivity index is 1.39. The van der Waals surface area contributed by atoms with Crippen LogP contribution in [-0.4, -0.2) is 44.8 Å². The van der Waals surface area contributed by atoms with E-state index < -0.39 is 0 Å². The number of amides is 1. The highest BCUT2D eigenvalue weighted by atomic mass is 16.5. The molecule has 4 rings (SSSR count). The molecular formula is C19H24N4O2. The molecular weight excluding hydrogens is 316 g/mol. The van der Waals surface area contributed by atoms with E-state index in [4.69, 9.17) is 4.74 Å². The third-order valence-electron chi connectivity index (χ3n) is 5.45. The Kier molecular flexibility index (Phi) is 4.19. The summed E-state index contributed by atoms with van der Waals surface area (Å²) in [6.07, 6.45) is 5.87. The lowest BCUT2D eigenvalue weighted by Crippen LogP contribution is -2.35. The molecule has 2 aliphatic rings. The fraction of sp³-hybridized carbons (Fsp3) is 0.526. The summed E-state index contributed by atoms with van der Waals surface area (Å²) in [5, 5.41) is 4.40. The number of rotatable bonds is 4. The van der Waals surface area contributed by atoms with Gasteiger partial charge in [0.25, 0.3) is 0 Å². The predicted octanol–water partition coefficient (Wildman–Crippen LogP) is 2.21. The van der Waals surface area contributed by atoms with Gasteiger partial charge in [0.1, 0.15) is 18.4 Å². The van der Waals surface area contributed by atoms with E-state index in [1.54, 1.807) is 17.1 Å². The van der Waals surface area contributed by atoms with Crippen molar-refractivity contribution < 1.29 is 9.53 Å². The lowest BCUT2D eigenvalue weighted by Gasteiger charge is -2.22. The second-order valence-electron chi connectivity index (χ2n) is 7.23. The maximum Gasteiger partial charge on any atom is 0.244 e. The van der Waals surface area contributed by atoms with Gasteiger partial charge in [-0.3, -0.25) is 14.5 Å². The summed E-state index contributed by atoms with van der Waals surface area (Å²) in [5.41, 5.74) is 1.98. The molecule has 2 aromatic heterocycles. The highest BCUT2D eigenvalue weighted by Gasteiger charge is 2.45. The number of carbonyl (C=O) groups is 1. The number of hydrogen-bond donors (Lipinski definition) is 0. The summed E-state index contributed by atoms with van der Waals surface area (Å²) < 4.78 is 7.94. The third kappa shape index (κ3) is 3.25. The number of aryl methyl sites for hydroxylation is 2.